The first-order chi connectivity index (χ1) is 11.1. The normalized spacial score (nSPS) is 9.96. The predicted molar refractivity (Wildman–Crippen MR) is 89.5 cm³/mol. The summed E-state index contributed by atoms with van der Waals surface area (Å²) < 4.78 is 0. The van der Waals surface area contributed by atoms with Gasteiger partial charge in [-0.2, -0.15) is 0 Å². The second-order valence-electron chi connectivity index (χ2n) is 5.12. The molecule has 5 nitrogen and oxygen atoms in total. The molecule has 2 N–H and O–H groups in total. The molecule has 0 unspecified atom stereocenters. The van der Waals surface area contributed by atoms with E-state index in [9.17, 15) is 14.4 Å². The minimum atomic E-state index is -0.306. The summed E-state index contributed by atoms with van der Waals surface area (Å²) in [6, 6.07) is 14.2. The first kappa shape index (κ1) is 16.4. The number of anilines is 2. The number of hydrogen-bond donors (Lipinski definition) is 2. The molecule has 2 amide bonds. The fourth-order valence-electron chi connectivity index (χ4n) is 2.08. The van der Waals surface area contributed by atoms with Gasteiger partial charge in [-0.15, -0.1) is 0 Å². The van der Waals surface area contributed by atoms with E-state index in [2.05, 4.69) is 10.6 Å². The van der Waals surface area contributed by atoms with Crippen molar-refractivity contribution >= 4 is 29.5 Å². The number of rotatable bonds is 6. The quantitative estimate of drug-likeness (QED) is 0.805. The molecule has 2 aromatic rings. The second kappa shape index (κ2) is 7.89. The molecule has 0 saturated carbocycles. The number of benzene rings is 2. The van der Waals surface area contributed by atoms with Gasteiger partial charge < -0.3 is 10.6 Å². The number of carbonyl (C=O) groups excluding carboxylic acids is 3. The standard InChI is InChI=1S/C18H18N2O3/c1-13-6-2-4-8-15(13)19-17(22)10-11-18(23)20-16-9-5-3-7-14(16)12-21/h2-9,12H,10-11H2,1H3,(H,19,22)(H,20,23). The van der Waals surface area contributed by atoms with Gasteiger partial charge in [0.1, 0.15) is 0 Å². The Morgan fingerprint density at radius 1 is 0.870 bits per heavy atom. The molecule has 2 rings (SSSR count). The van der Waals surface area contributed by atoms with Gasteiger partial charge in [0.15, 0.2) is 6.29 Å². The van der Waals surface area contributed by atoms with E-state index >= 15 is 0 Å². The largest absolute Gasteiger partial charge is 0.326 e. The molecule has 118 valence electrons. The van der Waals surface area contributed by atoms with Crippen LogP contribution in [0.1, 0.15) is 28.8 Å². The molecule has 0 aliphatic heterocycles. The van der Waals surface area contributed by atoms with Crippen molar-refractivity contribution in [1.29, 1.82) is 0 Å². The minimum Gasteiger partial charge on any atom is -0.326 e. The second-order valence-corrected chi connectivity index (χ2v) is 5.12. The first-order valence-corrected chi connectivity index (χ1v) is 7.29. The van der Waals surface area contributed by atoms with Crippen LogP contribution in [0, 0.1) is 6.92 Å². The highest BCUT2D eigenvalue weighted by Crippen LogP contribution is 2.15. The van der Waals surface area contributed by atoms with Crippen molar-refractivity contribution in [1.82, 2.24) is 0 Å². The molecule has 0 heterocycles. The SMILES string of the molecule is Cc1ccccc1NC(=O)CCC(=O)Nc1ccccc1C=O. The Balaban J connectivity index is 1.86. The summed E-state index contributed by atoms with van der Waals surface area (Å²) in [5.74, 6) is -0.530. The molecule has 0 aromatic heterocycles. The van der Waals surface area contributed by atoms with E-state index in [4.69, 9.17) is 0 Å². The van der Waals surface area contributed by atoms with Crippen molar-refractivity contribution in [3.05, 3.63) is 59.7 Å². The summed E-state index contributed by atoms with van der Waals surface area (Å²) >= 11 is 0. The first-order valence-electron chi connectivity index (χ1n) is 7.29. The van der Waals surface area contributed by atoms with Crippen LogP contribution in [0.25, 0.3) is 0 Å². The third-order valence-corrected chi connectivity index (χ3v) is 3.36. The Bertz CT molecular complexity index is 726. The maximum absolute atomic E-state index is 11.9. The van der Waals surface area contributed by atoms with Crippen molar-refractivity contribution in [3.8, 4) is 0 Å². The Morgan fingerprint density at radius 3 is 2.00 bits per heavy atom. The number of hydrogen-bond acceptors (Lipinski definition) is 3. The lowest BCUT2D eigenvalue weighted by atomic mass is 10.2. The molecule has 0 atom stereocenters. The highest BCUT2D eigenvalue weighted by atomic mass is 16.2. The lowest BCUT2D eigenvalue weighted by Gasteiger charge is -2.09. The Labute approximate surface area is 134 Å². The highest BCUT2D eigenvalue weighted by Gasteiger charge is 2.10. The molecule has 0 radical (unpaired) electrons. The zero-order valence-corrected chi connectivity index (χ0v) is 12.8. The van der Waals surface area contributed by atoms with E-state index in [0.29, 0.717) is 17.5 Å². The highest BCUT2D eigenvalue weighted by molar-refractivity contribution is 5.99. The summed E-state index contributed by atoms with van der Waals surface area (Å²) in [6.07, 6.45) is 0.800. The van der Waals surface area contributed by atoms with Crippen LogP contribution in [0.4, 0.5) is 11.4 Å². The van der Waals surface area contributed by atoms with Crippen LogP contribution >= 0.6 is 0 Å². The van der Waals surface area contributed by atoms with Gasteiger partial charge in [-0.1, -0.05) is 30.3 Å². The smallest absolute Gasteiger partial charge is 0.224 e. The van der Waals surface area contributed by atoms with Crippen molar-refractivity contribution in [3.63, 3.8) is 0 Å². The third-order valence-electron chi connectivity index (χ3n) is 3.36. The van der Waals surface area contributed by atoms with E-state index in [1.807, 2.05) is 31.2 Å². The van der Waals surface area contributed by atoms with Crippen molar-refractivity contribution in [2.45, 2.75) is 19.8 Å². The lowest BCUT2D eigenvalue weighted by Crippen LogP contribution is -2.18. The summed E-state index contributed by atoms with van der Waals surface area (Å²) in [6.45, 7) is 1.90. The topological polar surface area (TPSA) is 75.3 Å². The number of carbonyl (C=O) groups is 3. The van der Waals surface area contributed by atoms with E-state index in [0.717, 1.165) is 11.3 Å². The van der Waals surface area contributed by atoms with Gasteiger partial charge >= 0.3 is 0 Å². The molecule has 0 saturated heterocycles. The van der Waals surface area contributed by atoms with Gasteiger partial charge in [0.2, 0.25) is 11.8 Å². The van der Waals surface area contributed by atoms with Gasteiger partial charge in [0.05, 0.1) is 5.69 Å². The average molecular weight is 310 g/mol. The molecular weight excluding hydrogens is 292 g/mol. The van der Waals surface area contributed by atoms with Gasteiger partial charge in [0, 0.05) is 24.1 Å². The third kappa shape index (κ3) is 4.78. The van der Waals surface area contributed by atoms with Crippen molar-refractivity contribution < 1.29 is 14.4 Å². The lowest BCUT2D eigenvalue weighted by molar-refractivity contribution is -0.121. The van der Waals surface area contributed by atoms with E-state index < -0.39 is 0 Å². The van der Waals surface area contributed by atoms with Crippen molar-refractivity contribution in [2.24, 2.45) is 0 Å². The predicted octanol–water partition coefficient (Wildman–Crippen LogP) is 3.16. The number of nitrogens with one attached hydrogen (secondary N) is 2. The van der Waals surface area contributed by atoms with E-state index in [-0.39, 0.29) is 24.7 Å². The fraction of sp³-hybridized carbons (Fsp3) is 0.167. The van der Waals surface area contributed by atoms with Crippen LogP contribution in [-0.4, -0.2) is 18.1 Å². The summed E-state index contributed by atoms with van der Waals surface area (Å²) in [4.78, 5) is 34.7. The summed E-state index contributed by atoms with van der Waals surface area (Å²) in [7, 11) is 0. The molecule has 0 fully saturated rings. The molecule has 0 spiro atoms. The van der Waals surface area contributed by atoms with Gasteiger partial charge in [-0.25, -0.2) is 0 Å². The molecule has 23 heavy (non-hydrogen) atoms. The maximum atomic E-state index is 11.9. The van der Waals surface area contributed by atoms with Gasteiger partial charge in [0.25, 0.3) is 0 Å². The van der Waals surface area contributed by atoms with Crippen molar-refractivity contribution in [2.75, 3.05) is 10.6 Å². The van der Waals surface area contributed by atoms with Crippen LogP contribution in [-0.2, 0) is 9.59 Å². The Morgan fingerprint density at radius 2 is 1.39 bits per heavy atom. The zero-order valence-electron chi connectivity index (χ0n) is 12.8. The summed E-state index contributed by atoms with van der Waals surface area (Å²) in [5, 5.41) is 5.42. The van der Waals surface area contributed by atoms with E-state index in [1.165, 1.54) is 0 Å². The monoisotopic (exact) mass is 310 g/mol. The summed E-state index contributed by atoms with van der Waals surface area (Å²) in [5.41, 5.74) is 2.56. The van der Waals surface area contributed by atoms with Crippen LogP contribution < -0.4 is 10.6 Å². The molecule has 0 aliphatic carbocycles. The van der Waals surface area contributed by atoms with Crippen LogP contribution in [0.5, 0.6) is 0 Å². The average Bonchev–Trinajstić information content (AvgIpc) is 2.55. The zero-order chi connectivity index (χ0) is 16.7. The molecule has 5 heteroatoms. The fourth-order valence-corrected chi connectivity index (χ4v) is 2.08. The van der Waals surface area contributed by atoms with Crippen LogP contribution in [0.2, 0.25) is 0 Å². The van der Waals surface area contributed by atoms with Crippen LogP contribution in [0.15, 0.2) is 48.5 Å². The Kier molecular flexibility index (Phi) is 5.63. The number of aryl methyl sites for hydroxylation is 1. The maximum Gasteiger partial charge on any atom is 0.224 e. The molecule has 0 aliphatic rings. The van der Waals surface area contributed by atoms with E-state index in [1.54, 1.807) is 24.3 Å². The minimum absolute atomic E-state index is 0.0465. The number of amides is 2. The van der Waals surface area contributed by atoms with Crippen LogP contribution in [0.3, 0.4) is 0 Å². The Hall–Kier alpha value is -2.95. The number of aldehydes is 1. The van der Waals surface area contributed by atoms with Gasteiger partial charge in [-0.3, -0.25) is 14.4 Å². The number of para-hydroxylation sites is 2. The molecular formula is C18H18N2O3. The molecule has 2 aromatic carbocycles. The van der Waals surface area contributed by atoms with Gasteiger partial charge in [-0.05, 0) is 30.7 Å². The molecule has 0 bridgehead atoms.